The lowest BCUT2D eigenvalue weighted by Gasteiger charge is -2.30. The predicted molar refractivity (Wildman–Crippen MR) is 126 cm³/mol. The number of thiazole rings is 1. The molecule has 0 bridgehead atoms. The van der Waals surface area contributed by atoms with Crippen molar-refractivity contribution in [3.63, 3.8) is 0 Å². The van der Waals surface area contributed by atoms with E-state index in [2.05, 4.69) is 10.3 Å². The summed E-state index contributed by atoms with van der Waals surface area (Å²) < 4.78 is 28.2. The van der Waals surface area contributed by atoms with Gasteiger partial charge < -0.3 is 0 Å². The first-order valence-electron chi connectivity index (χ1n) is 9.91. The van der Waals surface area contributed by atoms with Crippen molar-refractivity contribution in [3.8, 4) is 0 Å². The first-order valence-corrected chi connectivity index (χ1v) is 12.9. The lowest BCUT2D eigenvalue weighted by Crippen LogP contribution is -2.38. The summed E-state index contributed by atoms with van der Waals surface area (Å²) in [6.07, 6.45) is 5.02. The second-order valence-corrected chi connectivity index (χ2v) is 11.3. The quantitative estimate of drug-likeness (QED) is 0.482. The summed E-state index contributed by atoms with van der Waals surface area (Å²) in [7, 11) is -1.97. The number of carbonyl (C=O) groups excluding carboxylic acids is 1. The Bertz CT molecular complexity index is 1220. The van der Waals surface area contributed by atoms with E-state index < -0.39 is 10.0 Å². The van der Waals surface area contributed by atoms with Gasteiger partial charge in [0.05, 0.1) is 19.6 Å². The van der Waals surface area contributed by atoms with Crippen LogP contribution < -0.4 is 5.32 Å². The number of aromatic nitrogens is 1. The Morgan fingerprint density at radius 1 is 1.10 bits per heavy atom. The third-order valence-corrected chi connectivity index (χ3v) is 9.21. The van der Waals surface area contributed by atoms with Crippen molar-refractivity contribution in [2.24, 2.45) is 0 Å². The average Bonchev–Trinajstić information content (AvgIpc) is 3.19. The van der Waals surface area contributed by atoms with Gasteiger partial charge in [-0.2, -0.15) is 4.31 Å². The topological polar surface area (TPSA) is 79.4 Å². The normalized spacial score (nSPS) is 15.5. The highest BCUT2D eigenvalue weighted by Crippen LogP contribution is 2.35. The number of anilines is 1. The zero-order valence-electron chi connectivity index (χ0n) is 16.8. The van der Waals surface area contributed by atoms with Gasteiger partial charge in [-0.15, -0.1) is 0 Å². The fourth-order valence-electron chi connectivity index (χ4n) is 3.75. The van der Waals surface area contributed by atoms with Gasteiger partial charge in [-0.3, -0.25) is 10.1 Å². The van der Waals surface area contributed by atoms with Gasteiger partial charge >= 0.3 is 0 Å². The van der Waals surface area contributed by atoms with E-state index in [0.29, 0.717) is 26.3 Å². The van der Waals surface area contributed by atoms with Crippen LogP contribution in [0, 0.1) is 0 Å². The van der Waals surface area contributed by atoms with Crippen molar-refractivity contribution in [1.82, 2.24) is 9.29 Å². The lowest BCUT2D eigenvalue weighted by molar-refractivity contribution is 0.102. The molecule has 1 fully saturated rings. The Morgan fingerprint density at radius 3 is 2.45 bits per heavy atom. The molecule has 0 aliphatic heterocycles. The van der Waals surface area contributed by atoms with Crippen LogP contribution in [0.2, 0.25) is 10.0 Å². The fraction of sp³-hybridized carbons (Fsp3) is 0.333. The summed E-state index contributed by atoms with van der Waals surface area (Å²) in [5.41, 5.74) is 0.865. The van der Waals surface area contributed by atoms with Crippen molar-refractivity contribution in [2.75, 3.05) is 12.4 Å². The first-order chi connectivity index (χ1) is 14.8. The highest BCUT2D eigenvalue weighted by atomic mass is 35.5. The van der Waals surface area contributed by atoms with Crippen LogP contribution in [0.4, 0.5) is 5.13 Å². The van der Waals surface area contributed by atoms with Crippen LogP contribution >= 0.6 is 34.5 Å². The molecule has 4 rings (SSSR count). The molecule has 0 atom stereocenters. The third kappa shape index (κ3) is 4.59. The van der Waals surface area contributed by atoms with Gasteiger partial charge in [-0.25, -0.2) is 13.4 Å². The van der Waals surface area contributed by atoms with E-state index in [9.17, 15) is 13.2 Å². The largest absolute Gasteiger partial charge is 0.298 e. The van der Waals surface area contributed by atoms with Crippen molar-refractivity contribution in [2.45, 2.75) is 43.0 Å². The molecule has 6 nitrogen and oxygen atoms in total. The molecule has 164 valence electrons. The van der Waals surface area contributed by atoms with Crippen LogP contribution in [0.25, 0.3) is 10.2 Å². The summed E-state index contributed by atoms with van der Waals surface area (Å²) >= 11 is 13.5. The van der Waals surface area contributed by atoms with Crippen LogP contribution in [0.15, 0.2) is 41.3 Å². The van der Waals surface area contributed by atoms with E-state index in [0.717, 1.165) is 36.8 Å². The Hall–Kier alpha value is -1.71. The Labute approximate surface area is 195 Å². The van der Waals surface area contributed by atoms with E-state index >= 15 is 0 Å². The van der Waals surface area contributed by atoms with Gasteiger partial charge in [0.15, 0.2) is 5.13 Å². The maximum atomic E-state index is 13.0. The minimum absolute atomic E-state index is 0.0288. The van der Waals surface area contributed by atoms with E-state index in [4.69, 9.17) is 23.2 Å². The summed E-state index contributed by atoms with van der Waals surface area (Å²) in [6.45, 7) is 0. The average molecular weight is 498 g/mol. The number of amides is 1. The van der Waals surface area contributed by atoms with Crippen LogP contribution in [0.1, 0.15) is 42.5 Å². The Balaban J connectivity index is 1.50. The minimum atomic E-state index is -3.60. The summed E-state index contributed by atoms with van der Waals surface area (Å²) in [6, 6.07) is 9.46. The molecule has 0 spiro atoms. The molecule has 1 amide bonds. The molecule has 0 radical (unpaired) electrons. The van der Waals surface area contributed by atoms with Crippen LogP contribution in [0.5, 0.6) is 0 Å². The maximum Gasteiger partial charge on any atom is 0.257 e. The van der Waals surface area contributed by atoms with E-state index in [1.54, 1.807) is 19.2 Å². The Morgan fingerprint density at radius 2 is 1.77 bits per heavy atom. The number of carbonyl (C=O) groups is 1. The molecule has 0 saturated heterocycles. The van der Waals surface area contributed by atoms with Gasteiger partial charge in [0.2, 0.25) is 10.0 Å². The van der Waals surface area contributed by atoms with Gasteiger partial charge in [-0.05, 0) is 49.2 Å². The number of rotatable bonds is 5. The van der Waals surface area contributed by atoms with Crippen LogP contribution in [-0.2, 0) is 10.0 Å². The monoisotopic (exact) mass is 497 g/mol. The first kappa shape index (κ1) is 22.5. The van der Waals surface area contributed by atoms with Crippen molar-refractivity contribution in [1.29, 1.82) is 0 Å². The second-order valence-electron chi connectivity index (χ2n) is 7.52. The maximum absolute atomic E-state index is 13.0. The summed E-state index contributed by atoms with van der Waals surface area (Å²) in [5.74, 6) is -0.383. The molecule has 1 N–H and O–H groups in total. The molecule has 3 aromatic rings. The van der Waals surface area contributed by atoms with E-state index in [1.807, 2.05) is 0 Å². The third-order valence-electron chi connectivity index (χ3n) is 5.55. The minimum Gasteiger partial charge on any atom is -0.298 e. The standard InChI is InChI=1S/C21H21Cl2N3O3S2/c1-26(14-5-3-2-4-6-14)31(28,29)15-9-7-13(8-10-15)20(27)25-21-24-19-17(30-21)12-11-16(22)18(19)23/h7-12,14H,2-6H2,1H3,(H,24,25,27). The second kappa shape index (κ2) is 9.03. The molecule has 1 aliphatic rings. The van der Waals surface area contributed by atoms with Gasteiger partial charge in [0.1, 0.15) is 5.52 Å². The van der Waals surface area contributed by atoms with Crippen molar-refractivity contribution in [3.05, 3.63) is 52.0 Å². The van der Waals surface area contributed by atoms with Crippen molar-refractivity contribution < 1.29 is 13.2 Å². The summed E-state index contributed by atoms with van der Waals surface area (Å²) in [4.78, 5) is 17.1. The number of sulfonamides is 1. The smallest absolute Gasteiger partial charge is 0.257 e. The molecular weight excluding hydrogens is 477 g/mol. The number of benzene rings is 2. The highest BCUT2D eigenvalue weighted by molar-refractivity contribution is 7.89. The lowest BCUT2D eigenvalue weighted by atomic mass is 9.96. The number of hydrogen-bond donors (Lipinski definition) is 1. The van der Waals surface area contributed by atoms with Gasteiger partial charge in [0.25, 0.3) is 5.91 Å². The molecule has 1 aliphatic carbocycles. The molecule has 2 aromatic carbocycles. The van der Waals surface area contributed by atoms with Crippen molar-refractivity contribution >= 4 is 65.8 Å². The number of hydrogen-bond acceptors (Lipinski definition) is 5. The molecule has 1 heterocycles. The highest BCUT2D eigenvalue weighted by Gasteiger charge is 2.29. The SMILES string of the molecule is CN(C1CCCCC1)S(=O)(=O)c1ccc(C(=O)Nc2nc3c(Cl)c(Cl)ccc3s2)cc1. The number of nitrogens with zero attached hydrogens (tertiary/aromatic N) is 2. The van der Waals surface area contributed by atoms with Gasteiger partial charge in [0, 0.05) is 18.7 Å². The molecule has 0 unspecified atom stereocenters. The van der Waals surface area contributed by atoms with Gasteiger partial charge in [-0.1, -0.05) is 53.8 Å². The fourth-order valence-corrected chi connectivity index (χ4v) is 6.45. The molecular formula is C21H21Cl2N3O3S2. The molecule has 10 heteroatoms. The number of fused-ring (bicyclic) bond motifs is 1. The van der Waals surface area contributed by atoms with E-state index in [-0.39, 0.29) is 16.8 Å². The van der Waals surface area contributed by atoms with Crippen LogP contribution in [-0.4, -0.2) is 36.7 Å². The zero-order valence-corrected chi connectivity index (χ0v) is 19.9. The Kier molecular flexibility index (Phi) is 6.55. The zero-order chi connectivity index (χ0) is 22.2. The molecule has 31 heavy (non-hydrogen) atoms. The molecule has 1 saturated carbocycles. The number of halogens is 2. The van der Waals surface area contributed by atoms with E-state index in [1.165, 1.54) is 39.9 Å². The van der Waals surface area contributed by atoms with Crippen LogP contribution in [0.3, 0.4) is 0 Å². The number of nitrogens with one attached hydrogen (secondary N) is 1. The predicted octanol–water partition coefficient (Wildman–Crippen LogP) is 5.81. The summed E-state index contributed by atoms with van der Waals surface area (Å²) in [5, 5.41) is 3.86. The molecule has 1 aromatic heterocycles.